The maximum absolute atomic E-state index is 5.90. The molecule has 3 nitrogen and oxygen atoms in total. The predicted molar refractivity (Wildman–Crippen MR) is 61.4 cm³/mol. The van der Waals surface area contributed by atoms with E-state index in [2.05, 4.69) is 9.55 Å². The molecular weight excluding hydrogens is 186 g/mol. The maximum atomic E-state index is 5.90. The Labute approximate surface area is 91.7 Å². The minimum absolute atomic E-state index is 0.0936. The van der Waals surface area contributed by atoms with Crippen molar-refractivity contribution in [2.45, 2.75) is 51.6 Å². The quantitative estimate of drug-likeness (QED) is 0.827. The van der Waals surface area contributed by atoms with E-state index < -0.39 is 0 Å². The van der Waals surface area contributed by atoms with Gasteiger partial charge in [-0.05, 0) is 25.7 Å². The molecule has 1 saturated carbocycles. The molecule has 2 rings (SSSR count). The van der Waals surface area contributed by atoms with E-state index in [4.69, 9.17) is 5.73 Å². The summed E-state index contributed by atoms with van der Waals surface area (Å²) in [6.07, 6.45) is 10.8. The molecule has 0 aliphatic heterocycles. The van der Waals surface area contributed by atoms with Crippen LogP contribution in [0.15, 0.2) is 12.5 Å². The van der Waals surface area contributed by atoms with Crippen molar-refractivity contribution < 1.29 is 0 Å². The first kappa shape index (κ1) is 10.7. The van der Waals surface area contributed by atoms with Crippen molar-refractivity contribution in [2.75, 3.05) is 0 Å². The summed E-state index contributed by atoms with van der Waals surface area (Å²) in [5, 5.41) is 0. The van der Waals surface area contributed by atoms with Crippen LogP contribution < -0.4 is 5.73 Å². The fraction of sp³-hybridized carbons (Fsp3) is 0.750. The second-order valence-electron chi connectivity index (χ2n) is 4.76. The average Bonchev–Trinajstić information content (AvgIpc) is 2.67. The molecule has 15 heavy (non-hydrogen) atoms. The van der Waals surface area contributed by atoms with Crippen LogP contribution in [0.25, 0.3) is 0 Å². The fourth-order valence-electron chi connectivity index (χ4n) is 2.51. The number of hydrogen-bond donors (Lipinski definition) is 1. The highest BCUT2D eigenvalue weighted by atomic mass is 15.1. The molecule has 0 aromatic carbocycles. The van der Waals surface area contributed by atoms with Crippen LogP contribution in [-0.2, 0) is 6.54 Å². The summed E-state index contributed by atoms with van der Waals surface area (Å²) >= 11 is 0. The normalized spacial score (nSPS) is 20.4. The maximum Gasteiger partial charge on any atom is 0.0948 e. The summed E-state index contributed by atoms with van der Waals surface area (Å²) in [7, 11) is 0. The number of hydrogen-bond acceptors (Lipinski definition) is 2. The third kappa shape index (κ3) is 2.59. The minimum Gasteiger partial charge on any atom is -0.333 e. The molecule has 0 spiro atoms. The molecule has 0 amide bonds. The van der Waals surface area contributed by atoms with Crippen LogP contribution >= 0.6 is 0 Å². The van der Waals surface area contributed by atoms with E-state index in [9.17, 15) is 0 Å². The lowest BCUT2D eigenvalue weighted by atomic mass is 9.89. The van der Waals surface area contributed by atoms with Crippen LogP contribution in [-0.4, -0.2) is 9.55 Å². The summed E-state index contributed by atoms with van der Waals surface area (Å²) in [5.41, 5.74) is 7.07. The molecule has 84 valence electrons. The first-order valence-corrected chi connectivity index (χ1v) is 6.03. The molecule has 0 radical (unpaired) electrons. The molecule has 1 aromatic heterocycles. The van der Waals surface area contributed by atoms with E-state index in [0.29, 0.717) is 0 Å². The van der Waals surface area contributed by atoms with Gasteiger partial charge in [0, 0.05) is 18.8 Å². The zero-order valence-corrected chi connectivity index (χ0v) is 9.52. The molecule has 1 aromatic rings. The molecule has 1 fully saturated rings. The van der Waals surface area contributed by atoms with Crippen LogP contribution in [0.1, 0.15) is 50.8 Å². The molecule has 1 aliphatic rings. The Morgan fingerprint density at radius 3 is 2.87 bits per heavy atom. The predicted octanol–water partition coefficient (Wildman–Crippen LogP) is 2.48. The van der Waals surface area contributed by atoms with Crippen molar-refractivity contribution in [3.8, 4) is 0 Å². The second kappa shape index (κ2) is 4.79. The molecule has 1 heterocycles. The van der Waals surface area contributed by atoms with Gasteiger partial charge in [0.15, 0.2) is 0 Å². The number of nitrogens with zero attached hydrogens (tertiary/aromatic N) is 2. The van der Waals surface area contributed by atoms with Gasteiger partial charge in [0.2, 0.25) is 0 Å². The number of nitrogens with two attached hydrogens (primary N) is 1. The second-order valence-corrected chi connectivity index (χ2v) is 4.76. The van der Waals surface area contributed by atoms with Crippen LogP contribution in [0.2, 0.25) is 0 Å². The SMILES string of the molecule is C[C@H](N)c1cncn1CC1CCCCC1. The molecule has 1 aliphatic carbocycles. The van der Waals surface area contributed by atoms with Gasteiger partial charge in [-0.3, -0.25) is 0 Å². The Hall–Kier alpha value is -0.830. The topological polar surface area (TPSA) is 43.8 Å². The van der Waals surface area contributed by atoms with E-state index in [1.54, 1.807) is 0 Å². The van der Waals surface area contributed by atoms with E-state index >= 15 is 0 Å². The zero-order valence-electron chi connectivity index (χ0n) is 9.52. The Bertz CT molecular complexity index is 298. The smallest absolute Gasteiger partial charge is 0.0948 e. The van der Waals surface area contributed by atoms with Gasteiger partial charge in [0.1, 0.15) is 0 Å². The van der Waals surface area contributed by atoms with E-state index in [1.165, 1.54) is 37.8 Å². The number of rotatable bonds is 3. The van der Waals surface area contributed by atoms with Gasteiger partial charge in [0.25, 0.3) is 0 Å². The molecular formula is C12H21N3. The van der Waals surface area contributed by atoms with E-state index in [-0.39, 0.29) is 6.04 Å². The van der Waals surface area contributed by atoms with Crippen molar-refractivity contribution in [2.24, 2.45) is 11.7 Å². The van der Waals surface area contributed by atoms with Gasteiger partial charge in [-0.15, -0.1) is 0 Å². The monoisotopic (exact) mass is 207 g/mol. The van der Waals surface area contributed by atoms with Gasteiger partial charge in [-0.2, -0.15) is 0 Å². The summed E-state index contributed by atoms with van der Waals surface area (Å²) in [6, 6.07) is 0.0936. The third-order valence-electron chi connectivity index (χ3n) is 3.39. The molecule has 0 saturated heterocycles. The summed E-state index contributed by atoms with van der Waals surface area (Å²) < 4.78 is 2.24. The first-order chi connectivity index (χ1) is 7.27. The van der Waals surface area contributed by atoms with Crippen molar-refractivity contribution in [3.05, 3.63) is 18.2 Å². The number of imidazole rings is 1. The third-order valence-corrected chi connectivity index (χ3v) is 3.39. The van der Waals surface area contributed by atoms with Crippen LogP contribution in [0, 0.1) is 5.92 Å². The van der Waals surface area contributed by atoms with E-state index in [0.717, 1.165) is 12.5 Å². The standard InChI is InChI=1S/C12H21N3/c1-10(13)12-7-14-9-15(12)8-11-5-3-2-4-6-11/h7,9-11H,2-6,8,13H2,1H3/t10-/m0/s1. The molecule has 1 atom stereocenters. The Morgan fingerprint density at radius 2 is 2.20 bits per heavy atom. The summed E-state index contributed by atoms with van der Waals surface area (Å²) in [4.78, 5) is 4.19. The molecule has 0 unspecified atom stereocenters. The van der Waals surface area contributed by atoms with Gasteiger partial charge in [-0.1, -0.05) is 19.3 Å². The largest absolute Gasteiger partial charge is 0.333 e. The molecule has 0 bridgehead atoms. The highest BCUT2D eigenvalue weighted by Gasteiger charge is 2.15. The van der Waals surface area contributed by atoms with Gasteiger partial charge >= 0.3 is 0 Å². The lowest BCUT2D eigenvalue weighted by molar-refractivity contribution is 0.315. The van der Waals surface area contributed by atoms with Crippen molar-refractivity contribution in [1.29, 1.82) is 0 Å². The molecule has 3 heteroatoms. The lowest BCUT2D eigenvalue weighted by Gasteiger charge is -2.23. The van der Waals surface area contributed by atoms with Crippen molar-refractivity contribution in [1.82, 2.24) is 9.55 Å². The average molecular weight is 207 g/mol. The summed E-state index contributed by atoms with van der Waals surface area (Å²) in [5.74, 6) is 0.838. The van der Waals surface area contributed by atoms with Crippen molar-refractivity contribution >= 4 is 0 Å². The first-order valence-electron chi connectivity index (χ1n) is 6.03. The van der Waals surface area contributed by atoms with Crippen LogP contribution in [0.5, 0.6) is 0 Å². The van der Waals surface area contributed by atoms with Crippen LogP contribution in [0.4, 0.5) is 0 Å². The Kier molecular flexibility index (Phi) is 3.41. The van der Waals surface area contributed by atoms with Gasteiger partial charge in [0.05, 0.1) is 12.0 Å². The Balaban J connectivity index is 1.99. The number of aromatic nitrogens is 2. The lowest BCUT2D eigenvalue weighted by Crippen LogP contribution is -2.18. The van der Waals surface area contributed by atoms with E-state index in [1.807, 2.05) is 19.4 Å². The highest BCUT2D eigenvalue weighted by molar-refractivity contribution is 5.03. The fourth-order valence-corrected chi connectivity index (χ4v) is 2.51. The van der Waals surface area contributed by atoms with Crippen LogP contribution in [0.3, 0.4) is 0 Å². The highest BCUT2D eigenvalue weighted by Crippen LogP contribution is 2.25. The van der Waals surface area contributed by atoms with Gasteiger partial charge in [-0.25, -0.2) is 4.98 Å². The van der Waals surface area contributed by atoms with Gasteiger partial charge < -0.3 is 10.3 Å². The summed E-state index contributed by atoms with van der Waals surface area (Å²) in [6.45, 7) is 3.13. The zero-order chi connectivity index (χ0) is 10.7. The Morgan fingerprint density at radius 1 is 1.47 bits per heavy atom. The minimum atomic E-state index is 0.0936. The molecule has 2 N–H and O–H groups in total. The van der Waals surface area contributed by atoms with Crippen molar-refractivity contribution in [3.63, 3.8) is 0 Å².